The molecule has 144 valence electrons. The summed E-state index contributed by atoms with van der Waals surface area (Å²) in [4.78, 5) is 12.6. The van der Waals surface area contributed by atoms with Gasteiger partial charge in [0.15, 0.2) is 5.82 Å². The molecular formula is C21H29N5O. The highest BCUT2D eigenvalue weighted by Gasteiger charge is 2.34. The summed E-state index contributed by atoms with van der Waals surface area (Å²) in [6, 6.07) is 10.2. The second kappa shape index (κ2) is 8.55. The zero-order valence-electron chi connectivity index (χ0n) is 15.8. The molecule has 0 aliphatic heterocycles. The Morgan fingerprint density at radius 1 is 1.04 bits per heavy atom. The first-order valence-corrected chi connectivity index (χ1v) is 10.3. The standard InChI is InChI=1S/C21H29N5O/c27-21(24-20(16-8-4-5-9-16)17-10-6-7-11-17)22-14-19-25-23-15-26(19)18-12-2-1-3-13-18/h1-3,12-13,15-17,20H,4-11,14H2,(H2,22,24,27). The Hall–Kier alpha value is -2.37. The van der Waals surface area contributed by atoms with E-state index in [2.05, 4.69) is 20.8 Å². The minimum atomic E-state index is -0.0820. The van der Waals surface area contributed by atoms with E-state index in [4.69, 9.17) is 0 Å². The number of carbonyl (C=O) groups is 1. The van der Waals surface area contributed by atoms with E-state index >= 15 is 0 Å². The normalized spacial score (nSPS) is 18.3. The summed E-state index contributed by atoms with van der Waals surface area (Å²) in [7, 11) is 0. The highest BCUT2D eigenvalue weighted by atomic mass is 16.2. The first kappa shape index (κ1) is 18.0. The SMILES string of the molecule is O=C(NCc1nncn1-c1ccccc1)NC(C1CCCC1)C1CCCC1. The predicted molar refractivity (Wildman–Crippen MR) is 104 cm³/mol. The third-order valence-electron chi connectivity index (χ3n) is 6.17. The fraction of sp³-hybridized carbons (Fsp3) is 0.571. The lowest BCUT2D eigenvalue weighted by atomic mass is 9.86. The van der Waals surface area contributed by atoms with Gasteiger partial charge in [0.2, 0.25) is 0 Å². The molecule has 2 aromatic rings. The first-order chi connectivity index (χ1) is 13.3. The summed E-state index contributed by atoms with van der Waals surface area (Å²) >= 11 is 0. The maximum absolute atomic E-state index is 12.6. The Kier molecular flexibility index (Phi) is 5.70. The van der Waals surface area contributed by atoms with E-state index in [0.29, 0.717) is 24.4 Å². The lowest BCUT2D eigenvalue weighted by Crippen LogP contribution is -2.48. The summed E-state index contributed by atoms with van der Waals surface area (Å²) in [5, 5.41) is 14.5. The molecule has 0 saturated heterocycles. The van der Waals surface area contributed by atoms with Crippen LogP contribution in [0.4, 0.5) is 4.79 Å². The van der Waals surface area contributed by atoms with E-state index in [1.54, 1.807) is 6.33 Å². The molecule has 2 saturated carbocycles. The van der Waals surface area contributed by atoms with Crippen molar-refractivity contribution in [1.82, 2.24) is 25.4 Å². The van der Waals surface area contributed by atoms with Crippen molar-refractivity contribution in [2.75, 3.05) is 0 Å². The highest BCUT2D eigenvalue weighted by molar-refractivity contribution is 5.74. The predicted octanol–water partition coefficient (Wildman–Crippen LogP) is 3.82. The number of aromatic nitrogens is 3. The lowest BCUT2D eigenvalue weighted by molar-refractivity contribution is 0.214. The highest BCUT2D eigenvalue weighted by Crippen LogP contribution is 2.37. The van der Waals surface area contributed by atoms with Gasteiger partial charge in [0, 0.05) is 11.7 Å². The molecule has 1 heterocycles. The maximum atomic E-state index is 12.6. The summed E-state index contributed by atoms with van der Waals surface area (Å²) in [6.45, 7) is 0.364. The zero-order valence-corrected chi connectivity index (χ0v) is 15.8. The van der Waals surface area contributed by atoms with Crippen LogP contribution in [-0.2, 0) is 6.54 Å². The van der Waals surface area contributed by atoms with Crippen molar-refractivity contribution < 1.29 is 4.79 Å². The number of urea groups is 1. The number of nitrogens with one attached hydrogen (secondary N) is 2. The van der Waals surface area contributed by atoms with Gasteiger partial charge < -0.3 is 10.6 Å². The Balaban J connectivity index is 1.37. The average molecular weight is 367 g/mol. The number of nitrogens with zero attached hydrogens (tertiary/aromatic N) is 3. The monoisotopic (exact) mass is 367 g/mol. The molecule has 4 rings (SSSR count). The molecule has 0 bridgehead atoms. The number of carbonyl (C=O) groups excluding carboxylic acids is 1. The number of amides is 2. The van der Waals surface area contributed by atoms with E-state index < -0.39 is 0 Å². The van der Waals surface area contributed by atoms with Crippen LogP contribution in [0.25, 0.3) is 5.69 Å². The van der Waals surface area contributed by atoms with Crippen LogP contribution in [0.15, 0.2) is 36.7 Å². The molecule has 2 aliphatic carbocycles. The smallest absolute Gasteiger partial charge is 0.315 e. The lowest BCUT2D eigenvalue weighted by Gasteiger charge is -2.30. The van der Waals surface area contributed by atoms with Crippen molar-refractivity contribution in [3.05, 3.63) is 42.5 Å². The first-order valence-electron chi connectivity index (χ1n) is 10.3. The summed E-state index contributed by atoms with van der Waals surface area (Å²) in [6.07, 6.45) is 11.9. The third kappa shape index (κ3) is 4.31. The molecule has 2 fully saturated rings. The van der Waals surface area contributed by atoms with E-state index in [1.807, 2.05) is 34.9 Å². The van der Waals surface area contributed by atoms with Crippen LogP contribution in [0.1, 0.15) is 57.2 Å². The quantitative estimate of drug-likeness (QED) is 0.815. The van der Waals surface area contributed by atoms with Gasteiger partial charge in [0.25, 0.3) is 0 Å². The largest absolute Gasteiger partial charge is 0.335 e. The number of hydrogen-bond acceptors (Lipinski definition) is 3. The van der Waals surface area contributed by atoms with Gasteiger partial charge in [-0.3, -0.25) is 4.57 Å². The molecule has 2 aliphatic rings. The topological polar surface area (TPSA) is 71.8 Å². The van der Waals surface area contributed by atoms with Crippen LogP contribution in [0.3, 0.4) is 0 Å². The Bertz CT molecular complexity index is 716. The third-order valence-corrected chi connectivity index (χ3v) is 6.17. The number of para-hydroxylation sites is 1. The van der Waals surface area contributed by atoms with Crippen molar-refractivity contribution in [3.8, 4) is 5.69 Å². The molecule has 1 aromatic carbocycles. The fourth-order valence-electron chi connectivity index (χ4n) is 4.80. The second-order valence-corrected chi connectivity index (χ2v) is 7.89. The molecular weight excluding hydrogens is 338 g/mol. The van der Waals surface area contributed by atoms with Gasteiger partial charge in [-0.05, 0) is 49.7 Å². The molecule has 2 N–H and O–H groups in total. The molecule has 0 spiro atoms. The molecule has 27 heavy (non-hydrogen) atoms. The van der Waals surface area contributed by atoms with Gasteiger partial charge in [-0.15, -0.1) is 10.2 Å². The molecule has 0 atom stereocenters. The van der Waals surface area contributed by atoms with E-state index in [0.717, 1.165) is 11.5 Å². The van der Waals surface area contributed by atoms with Crippen molar-refractivity contribution >= 4 is 6.03 Å². The van der Waals surface area contributed by atoms with Gasteiger partial charge in [-0.2, -0.15) is 0 Å². The van der Waals surface area contributed by atoms with Gasteiger partial charge >= 0.3 is 6.03 Å². The Morgan fingerprint density at radius 2 is 1.67 bits per heavy atom. The second-order valence-electron chi connectivity index (χ2n) is 7.89. The van der Waals surface area contributed by atoms with Crippen molar-refractivity contribution in [2.24, 2.45) is 11.8 Å². The van der Waals surface area contributed by atoms with Crippen molar-refractivity contribution in [1.29, 1.82) is 0 Å². The number of benzene rings is 1. The minimum absolute atomic E-state index is 0.0820. The fourth-order valence-corrected chi connectivity index (χ4v) is 4.80. The van der Waals surface area contributed by atoms with Crippen LogP contribution in [0, 0.1) is 11.8 Å². The molecule has 6 heteroatoms. The van der Waals surface area contributed by atoms with Crippen LogP contribution in [0.5, 0.6) is 0 Å². The maximum Gasteiger partial charge on any atom is 0.315 e. The summed E-state index contributed by atoms with van der Waals surface area (Å²) in [5.74, 6) is 2.02. The summed E-state index contributed by atoms with van der Waals surface area (Å²) < 4.78 is 1.91. The van der Waals surface area contributed by atoms with E-state index in [-0.39, 0.29) is 6.03 Å². The van der Waals surface area contributed by atoms with Gasteiger partial charge in [0.1, 0.15) is 6.33 Å². The van der Waals surface area contributed by atoms with Crippen LogP contribution >= 0.6 is 0 Å². The number of rotatable bonds is 6. The summed E-state index contributed by atoms with van der Waals surface area (Å²) in [5.41, 5.74) is 0.995. The molecule has 6 nitrogen and oxygen atoms in total. The van der Waals surface area contributed by atoms with Crippen LogP contribution in [0.2, 0.25) is 0 Å². The van der Waals surface area contributed by atoms with Gasteiger partial charge in [0.05, 0.1) is 6.54 Å². The Labute approximate surface area is 160 Å². The molecule has 0 radical (unpaired) electrons. The van der Waals surface area contributed by atoms with Crippen molar-refractivity contribution in [3.63, 3.8) is 0 Å². The van der Waals surface area contributed by atoms with Crippen LogP contribution < -0.4 is 10.6 Å². The van der Waals surface area contributed by atoms with E-state index in [9.17, 15) is 4.79 Å². The molecule has 1 aromatic heterocycles. The Morgan fingerprint density at radius 3 is 2.30 bits per heavy atom. The van der Waals surface area contributed by atoms with E-state index in [1.165, 1.54) is 51.4 Å². The van der Waals surface area contributed by atoms with Gasteiger partial charge in [-0.1, -0.05) is 43.9 Å². The number of hydrogen-bond donors (Lipinski definition) is 2. The molecule has 2 amide bonds. The van der Waals surface area contributed by atoms with Crippen molar-refractivity contribution in [2.45, 2.75) is 64.0 Å². The minimum Gasteiger partial charge on any atom is -0.335 e. The zero-order chi connectivity index (χ0) is 18.5. The average Bonchev–Trinajstić information content (AvgIpc) is 3.48. The van der Waals surface area contributed by atoms with Crippen LogP contribution in [-0.4, -0.2) is 26.8 Å². The molecule has 0 unspecified atom stereocenters. The van der Waals surface area contributed by atoms with Gasteiger partial charge in [-0.25, -0.2) is 4.79 Å².